The third-order valence-electron chi connectivity index (χ3n) is 5.11. The number of H-pyrrole nitrogens is 1. The van der Waals surface area contributed by atoms with Crippen molar-refractivity contribution in [3.63, 3.8) is 0 Å². The van der Waals surface area contributed by atoms with E-state index in [-0.39, 0.29) is 0 Å². The van der Waals surface area contributed by atoms with Gasteiger partial charge in [-0.3, -0.25) is 15.0 Å². The summed E-state index contributed by atoms with van der Waals surface area (Å²) in [7, 11) is 0. The number of piperidine rings is 1. The zero-order valence-corrected chi connectivity index (χ0v) is 15.4. The molecule has 1 aliphatic heterocycles. The van der Waals surface area contributed by atoms with Crippen LogP contribution in [0, 0.1) is 0 Å². The predicted octanol–water partition coefficient (Wildman–Crippen LogP) is 3.82. The summed E-state index contributed by atoms with van der Waals surface area (Å²) in [5, 5.41) is 12.3. The number of aromatic amines is 1. The fraction of sp³-hybridized carbons (Fsp3) is 0.350. The topological polar surface area (TPSA) is 57.7 Å². The molecule has 6 heteroatoms. The van der Waals surface area contributed by atoms with Crippen molar-refractivity contribution in [1.82, 2.24) is 25.3 Å². The normalized spacial score (nSPS) is 16.0. The summed E-state index contributed by atoms with van der Waals surface area (Å²) in [4.78, 5) is 6.52. The monoisotopic (exact) mass is 367 g/mol. The van der Waals surface area contributed by atoms with Gasteiger partial charge in [0.2, 0.25) is 0 Å². The molecule has 1 N–H and O–H groups in total. The van der Waals surface area contributed by atoms with Gasteiger partial charge in [0.25, 0.3) is 0 Å². The van der Waals surface area contributed by atoms with Crippen molar-refractivity contribution >= 4 is 11.6 Å². The van der Waals surface area contributed by atoms with Crippen molar-refractivity contribution in [3.8, 4) is 0 Å². The van der Waals surface area contributed by atoms with Gasteiger partial charge in [0.15, 0.2) is 0 Å². The Labute approximate surface area is 158 Å². The van der Waals surface area contributed by atoms with Gasteiger partial charge in [-0.05, 0) is 43.1 Å². The Morgan fingerprint density at radius 1 is 1.12 bits per heavy atom. The highest BCUT2D eigenvalue weighted by Gasteiger charge is 2.25. The van der Waals surface area contributed by atoms with Crippen molar-refractivity contribution in [2.24, 2.45) is 0 Å². The summed E-state index contributed by atoms with van der Waals surface area (Å²) in [6.07, 6.45) is 6.57. The van der Waals surface area contributed by atoms with E-state index >= 15 is 0 Å². The lowest BCUT2D eigenvalue weighted by atomic mass is 9.91. The van der Waals surface area contributed by atoms with Crippen molar-refractivity contribution in [3.05, 3.63) is 76.3 Å². The minimum Gasteiger partial charge on any atom is -0.299 e. The first-order valence-corrected chi connectivity index (χ1v) is 9.42. The molecule has 1 aliphatic rings. The van der Waals surface area contributed by atoms with Crippen LogP contribution in [0.1, 0.15) is 41.3 Å². The van der Waals surface area contributed by atoms with Crippen LogP contribution >= 0.6 is 11.6 Å². The standard InChI is InChI=1S/C20H22ClN5/c21-18-13-22-9-6-17(18)14-26-10-7-16(8-11-26)20-19(23-25-24-20)12-15-4-2-1-3-5-15/h1-6,9,13,16H,7-8,10-12,14H2,(H,23,24,25). The maximum atomic E-state index is 6.24. The molecule has 0 saturated carbocycles. The number of likely N-dealkylation sites (tertiary alicyclic amines) is 1. The lowest BCUT2D eigenvalue weighted by Crippen LogP contribution is -2.33. The second kappa shape index (κ2) is 7.98. The molecule has 2 aromatic heterocycles. The Bertz CT molecular complexity index is 840. The molecule has 0 atom stereocenters. The van der Waals surface area contributed by atoms with Crippen LogP contribution < -0.4 is 0 Å². The summed E-state index contributed by atoms with van der Waals surface area (Å²) >= 11 is 6.24. The first kappa shape index (κ1) is 17.2. The highest BCUT2D eigenvalue weighted by atomic mass is 35.5. The van der Waals surface area contributed by atoms with Crippen LogP contribution in [0.4, 0.5) is 0 Å². The van der Waals surface area contributed by atoms with E-state index in [1.807, 2.05) is 12.1 Å². The summed E-state index contributed by atoms with van der Waals surface area (Å²) in [6.45, 7) is 2.98. The number of nitrogens with zero attached hydrogens (tertiary/aromatic N) is 4. The lowest BCUT2D eigenvalue weighted by Gasteiger charge is -2.31. The second-order valence-corrected chi connectivity index (χ2v) is 7.26. The molecule has 0 spiro atoms. The van der Waals surface area contributed by atoms with Gasteiger partial charge < -0.3 is 0 Å². The first-order chi connectivity index (χ1) is 12.8. The highest BCUT2D eigenvalue weighted by molar-refractivity contribution is 6.31. The Morgan fingerprint density at radius 2 is 1.92 bits per heavy atom. The van der Waals surface area contributed by atoms with E-state index in [2.05, 4.69) is 49.6 Å². The van der Waals surface area contributed by atoms with Crippen molar-refractivity contribution in [2.75, 3.05) is 13.1 Å². The quantitative estimate of drug-likeness (QED) is 0.744. The molecule has 0 radical (unpaired) electrons. The summed E-state index contributed by atoms with van der Waals surface area (Å²) in [5.74, 6) is 0.493. The largest absolute Gasteiger partial charge is 0.299 e. The van der Waals surface area contributed by atoms with Crippen LogP contribution in [0.15, 0.2) is 48.8 Å². The van der Waals surface area contributed by atoms with E-state index < -0.39 is 0 Å². The molecule has 0 unspecified atom stereocenters. The third kappa shape index (κ3) is 3.94. The Kier molecular flexibility index (Phi) is 5.27. The Morgan fingerprint density at radius 3 is 2.69 bits per heavy atom. The maximum absolute atomic E-state index is 6.24. The molecule has 0 aliphatic carbocycles. The number of pyridine rings is 1. The maximum Gasteiger partial charge on any atom is 0.0903 e. The van der Waals surface area contributed by atoms with E-state index in [0.29, 0.717) is 5.92 Å². The molecule has 0 amide bonds. The SMILES string of the molecule is Clc1cnccc1CN1CCC(c2[nH]nnc2Cc2ccccc2)CC1. The van der Waals surface area contributed by atoms with Crippen LogP contribution in [-0.4, -0.2) is 38.4 Å². The van der Waals surface area contributed by atoms with Gasteiger partial charge in [0.1, 0.15) is 0 Å². The number of benzene rings is 1. The molecule has 1 fully saturated rings. The second-order valence-electron chi connectivity index (χ2n) is 6.85. The van der Waals surface area contributed by atoms with E-state index in [0.717, 1.165) is 55.2 Å². The van der Waals surface area contributed by atoms with Crippen LogP contribution in [-0.2, 0) is 13.0 Å². The first-order valence-electron chi connectivity index (χ1n) is 9.04. The molecule has 1 saturated heterocycles. The molecule has 26 heavy (non-hydrogen) atoms. The van der Waals surface area contributed by atoms with Gasteiger partial charge in [0.05, 0.1) is 16.4 Å². The molecule has 3 heterocycles. The van der Waals surface area contributed by atoms with Crippen LogP contribution in [0.2, 0.25) is 5.02 Å². The fourth-order valence-electron chi connectivity index (χ4n) is 3.66. The van der Waals surface area contributed by atoms with E-state index in [1.54, 1.807) is 12.4 Å². The van der Waals surface area contributed by atoms with Gasteiger partial charge in [-0.25, -0.2) is 0 Å². The minimum absolute atomic E-state index is 0.493. The molecule has 5 nitrogen and oxygen atoms in total. The molecular weight excluding hydrogens is 346 g/mol. The van der Waals surface area contributed by atoms with Gasteiger partial charge in [0, 0.05) is 31.3 Å². The van der Waals surface area contributed by atoms with E-state index in [4.69, 9.17) is 11.6 Å². The molecule has 1 aromatic carbocycles. The molecule has 3 aromatic rings. The smallest absolute Gasteiger partial charge is 0.0903 e. The molecule has 0 bridgehead atoms. The Balaban J connectivity index is 1.38. The summed E-state index contributed by atoms with van der Waals surface area (Å²) in [5.41, 5.74) is 4.70. The molecule has 134 valence electrons. The lowest BCUT2D eigenvalue weighted by molar-refractivity contribution is 0.203. The Hall–Kier alpha value is -2.24. The van der Waals surface area contributed by atoms with Crippen molar-refractivity contribution in [1.29, 1.82) is 0 Å². The zero-order chi connectivity index (χ0) is 17.8. The summed E-state index contributed by atoms with van der Waals surface area (Å²) in [6, 6.07) is 12.5. The number of nitrogens with one attached hydrogen (secondary N) is 1. The number of rotatable bonds is 5. The van der Waals surface area contributed by atoms with E-state index in [9.17, 15) is 0 Å². The number of halogens is 1. The van der Waals surface area contributed by atoms with Crippen LogP contribution in [0.3, 0.4) is 0 Å². The minimum atomic E-state index is 0.493. The van der Waals surface area contributed by atoms with Gasteiger partial charge in [-0.1, -0.05) is 47.1 Å². The third-order valence-corrected chi connectivity index (χ3v) is 5.45. The van der Waals surface area contributed by atoms with Gasteiger partial charge in [-0.2, -0.15) is 0 Å². The van der Waals surface area contributed by atoms with Gasteiger partial charge in [-0.15, -0.1) is 5.10 Å². The molecular formula is C20H22ClN5. The van der Waals surface area contributed by atoms with E-state index in [1.165, 1.54) is 11.3 Å². The average molecular weight is 368 g/mol. The number of hydrogen-bond acceptors (Lipinski definition) is 4. The number of hydrogen-bond donors (Lipinski definition) is 1. The van der Waals surface area contributed by atoms with Gasteiger partial charge >= 0.3 is 0 Å². The summed E-state index contributed by atoms with van der Waals surface area (Å²) < 4.78 is 0. The molecule has 4 rings (SSSR count). The van der Waals surface area contributed by atoms with Crippen LogP contribution in [0.25, 0.3) is 0 Å². The predicted molar refractivity (Wildman–Crippen MR) is 102 cm³/mol. The van der Waals surface area contributed by atoms with Crippen LogP contribution in [0.5, 0.6) is 0 Å². The fourth-order valence-corrected chi connectivity index (χ4v) is 3.84. The van der Waals surface area contributed by atoms with Crippen molar-refractivity contribution in [2.45, 2.75) is 31.7 Å². The van der Waals surface area contributed by atoms with Crippen molar-refractivity contribution < 1.29 is 0 Å². The zero-order valence-electron chi connectivity index (χ0n) is 14.6. The number of aromatic nitrogens is 4. The highest BCUT2D eigenvalue weighted by Crippen LogP contribution is 2.30. The average Bonchev–Trinajstić information content (AvgIpc) is 3.13.